The summed E-state index contributed by atoms with van der Waals surface area (Å²) in [6.45, 7) is 10.1. The summed E-state index contributed by atoms with van der Waals surface area (Å²) >= 11 is 0. The number of hydrogen-bond donors (Lipinski definition) is 5. The van der Waals surface area contributed by atoms with E-state index in [1.165, 1.54) is 4.90 Å². The number of carbonyl (C=O) groups is 4. The van der Waals surface area contributed by atoms with Crippen molar-refractivity contribution in [2.45, 2.75) is 90.8 Å². The molecule has 3 aromatic rings. The number of aliphatic hydroxyl groups is 1. The van der Waals surface area contributed by atoms with Crippen LogP contribution in [0, 0.1) is 5.92 Å². The summed E-state index contributed by atoms with van der Waals surface area (Å²) in [6.07, 6.45) is 0.634. The van der Waals surface area contributed by atoms with E-state index in [2.05, 4.69) is 10.6 Å². The van der Waals surface area contributed by atoms with Gasteiger partial charge in [0, 0.05) is 18.5 Å². The lowest BCUT2D eigenvalue weighted by Crippen LogP contribution is -2.56. The van der Waals surface area contributed by atoms with Gasteiger partial charge in [-0.2, -0.15) is 0 Å². The number of primary amides is 1. The lowest BCUT2D eigenvalue weighted by Gasteiger charge is -2.29. The molecule has 244 valence electrons. The molecule has 0 saturated carbocycles. The number of fused-ring (bicyclic) bond motifs is 3. The van der Waals surface area contributed by atoms with Gasteiger partial charge in [0.15, 0.2) is 5.82 Å². The van der Waals surface area contributed by atoms with Crippen molar-refractivity contribution in [1.82, 2.24) is 24.8 Å². The molecule has 7 N–H and O–H groups in total. The van der Waals surface area contributed by atoms with Crippen molar-refractivity contribution < 1.29 is 29.0 Å². The Morgan fingerprint density at radius 3 is 2.53 bits per heavy atom. The van der Waals surface area contributed by atoms with Gasteiger partial charge in [0.25, 0.3) is 0 Å². The maximum absolute atomic E-state index is 13.8. The summed E-state index contributed by atoms with van der Waals surface area (Å²) in [6, 6.07) is 4.49. The number of benzene rings is 1. The average Bonchev–Trinajstić information content (AvgIpc) is 3.58. The highest BCUT2D eigenvalue weighted by Crippen LogP contribution is 2.32. The summed E-state index contributed by atoms with van der Waals surface area (Å²) in [4.78, 5) is 62.3. The number of hydrogen-bond acceptors (Lipinski definition) is 9. The third kappa shape index (κ3) is 7.75. The Balaban J connectivity index is 1.66. The number of imidazole rings is 1. The van der Waals surface area contributed by atoms with E-state index >= 15 is 0 Å². The monoisotopic (exact) mass is 624 g/mol. The van der Waals surface area contributed by atoms with Crippen molar-refractivity contribution in [2.75, 3.05) is 18.5 Å². The van der Waals surface area contributed by atoms with E-state index in [0.29, 0.717) is 48.4 Å². The van der Waals surface area contributed by atoms with Gasteiger partial charge < -0.3 is 41.4 Å². The first kappa shape index (κ1) is 33.7. The molecule has 0 spiro atoms. The van der Waals surface area contributed by atoms with E-state index in [-0.39, 0.29) is 31.3 Å². The number of pyridine rings is 1. The average molecular weight is 625 g/mol. The highest BCUT2D eigenvalue weighted by atomic mass is 16.5. The second kappa shape index (κ2) is 13.9. The minimum atomic E-state index is -1.15. The summed E-state index contributed by atoms with van der Waals surface area (Å²) in [7, 11) is 0. The van der Waals surface area contributed by atoms with Crippen LogP contribution in [0.1, 0.15) is 59.7 Å². The van der Waals surface area contributed by atoms with E-state index in [1.807, 2.05) is 35.8 Å². The molecule has 14 heteroatoms. The molecule has 1 aliphatic heterocycles. The van der Waals surface area contributed by atoms with Gasteiger partial charge >= 0.3 is 0 Å². The molecule has 1 aromatic carbocycles. The molecular weight excluding hydrogens is 580 g/mol. The van der Waals surface area contributed by atoms with E-state index in [9.17, 15) is 24.3 Å². The van der Waals surface area contributed by atoms with Crippen molar-refractivity contribution >= 4 is 51.4 Å². The molecule has 0 bridgehead atoms. The van der Waals surface area contributed by atoms with Crippen LogP contribution in [0.15, 0.2) is 24.3 Å². The van der Waals surface area contributed by atoms with Crippen LogP contribution in [0.3, 0.4) is 0 Å². The summed E-state index contributed by atoms with van der Waals surface area (Å²) in [5, 5.41) is 17.3. The molecule has 2 aromatic heterocycles. The number of ether oxygens (including phenoxy) is 1. The molecule has 14 nitrogen and oxygen atoms in total. The van der Waals surface area contributed by atoms with Gasteiger partial charge in [-0.3, -0.25) is 19.2 Å². The smallest absolute Gasteiger partial charge is 0.248 e. The summed E-state index contributed by atoms with van der Waals surface area (Å²) in [5.74, 6) is -1.80. The third-order valence-corrected chi connectivity index (χ3v) is 7.71. The van der Waals surface area contributed by atoms with Crippen molar-refractivity contribution in [2.24, 2.45) is 17.4 Å². The number of nitrogens with zero attached hydrogens (tertiary/aromatic N) is 4. The zero-order chi connectivity index (χ0) is 33.1. The maximum Gasteiger partial charge on any atom is 0.248 e. The zero-order valence-electron chi connectivity index (χ0n) is 26.5. The quantitative estimate of drug-likeness (QED) is 0.185. The Labute approximate surface area is 261 Å². The van der Waals surface area contributed by atoms with Gasteiger partial charge in [-0.05, 0) is 45.6 Å². The Morgan fingerprint density at radius 2 is 1.89 bits per heavy atom. The normalized spacial score (nSPS) is 16.7. The van der Waals surface area contributed by atoms with Gasteiger partial charge in [-0.25, -0.2) is 9.97 Å². The second-order valence-electron chi connectivity index (χ2n) is 12.4. The number of carbonyl (C=O) groups excluding carboxylic acids is 4. The molecule has 0 aliphatic carbocycles. The molecule has 4 rings (SSSR count). The van der Waals surface area contributed by atoms with E-state index < -0.39 is 47.4 Å². The third-order valence-electron chi connectivity index (χ3n) is 7.71. The zero-order valence-corrected chi connectivity index (χ0v) is 26.5. The minimum Gasteiger partial charge on any atom is -0.389 e. The standard InChI is InChI=1S/C31H44N8O6/c1-6-45-15-23-35-25-26(39(23)16-31(4,5)44)18-10-7-8-11-20(18)34-27(25)37-29(42)24(17(2)3)36-28(41)21-12-9-13-38(21)30(43)19(32)14-22(33)40/h7-8,10-11,17,19,21,24,44H,6,9,12-16,32H2,1-5H3,(H2,33,40)(H,36,41)(H,34,37,42)/t19-,21?,24-/m0/s1. The first-order valence-electron chi connectivity index (χ1n) is 15.2. The van der Waals surface area contributed by atoms with Gasteiger partial charge in [-0.1, -0.05) is 32.0 Å². The van der Waals surface area contributed by atoms with Crippen molar-refractivity contribution in [3.63, 3.8) is 0 Å². The first-order chi connectivity index (χ1) is 21.2. The molecule has 3 heterocycles. The SMILES string of the molecule is CCOCc1nc2c(NC(=O)[C@@H](NC(=O)C3CCCN3C(=O)[C@@H](N)CC(N)=O)C(C)C)nc3ccccc3c2n1CC(C)(C)O. The van der Waals surface area contributed by atoms with Crippen LogP contribution >= 0.6 is 0 Å². The van der Waals surface area contributed by atoms with Crippen LogP contribution in [0.2, 0.25) is 0 Å². The maximum atomic E-state index is 13.8. The Bertz CT molecular complexity index is 1580. The fraction of sp³-hybridized carbons (Fsp3) is 0.548. The predicted octanol–water partition coefficient (Wildman–Crippen LogP) is 1.16. The number of likely N-dealkylation sites (tertiary alicyclic amines) is 1. The second-order valence-corrected chi connectivity index (χ2v) is 12.4. The van der Waals surface area contributed by atoms with Crippen LogP contribution < -0.4 is 22.1 Å². The molecule has 0 radical (unpaired) electrons. The predicted molar refractivity (Wildman–Crippen MR) is 169 cm³/mol. The summed E-state index contributed by atoms with van der Waals surface area (Å²) in [5.41, 5.74) is 11.7. The van der Waals surface area contributed by atoms with Crippen LogP contribution in [-0.4, -0.2) is 85.0 Å². The van der Waals surface area contributed by atoms with Gasteiger partial charge in [-0.15, -0.1) is 0 Å². The van der Waals surface area contributed by atoms with Crippen LogP contribution in [0.5, 0.6) is 0 Å². The first-order valence-corrected chi connectivity index (χ1v) is 15.2. The van der Waals surface area contributed by atoms with Crippen LogP contribution in [-0.2, 0) is 37.1 Å². The summed E-state index contributed by atoms with van der Waals surface area (Å²) < 4.78 is 7.57. The van der Waals surface area contributed by atoms with E-state index in [1.54, 1.807) is 27.7 Å². The number of nitrogens with one attached hydrogen (secondary N) is 2. The van der Waals surface area contributed by atoms with Crippen LogP contribution in [0.25, 0.3) is 21.9 Å². The molecule has 1 unspecified atom stereocenters. The Morgan fingerprint density at radius 1 is 1.18 bits per heavy atom. The number of anilines is 1. The highest BCUT2D eigenvalue weighted by Gasteiger charge is 2.38. The lowest BCUT2D eigenvalue weighted by atomic mass is 10.0. The molecule has 45 heavy (non-hydrogen) atoms. The number of amides is 4. The number of nitrogens with two attached hydrogens (primary N) is 2. The molecule has 1 fully saturated rings. The molecular formula is C31H44N8O6. The van der Waals surface area contributed by atoms with Crippen molar-refractivity contribution in [3.8, 4) is 0 Å². The molecule has 1 saturated heterocycles. The fourth-order valence-electron chi connectivity index (χ4n) is 5.63. The minimum absolute atomic E-state index is 0.188. The number of para-hydroxylation sites is 1. The molecule has 1 aliphatic rings. The highest BCUT2D eigenvalue weighted by molar-refractivity contribution is 6.10. The molecule has 3 atom stereocenters. The Hall–Kier alpha value is -4.14. The fourth-order valence-corrected chi connectivity index (χ4v) is 5.63. The topological polar surface area (TPSA) is 208 Å². The van der Waals surface area contributed by atoms with Gasteiger partial charge in [0.1, 0.15) is 30.0 Å². The molecule has 4 amide bonds. The lowest BCUT2D eigenvalue weighted by molar-refractivity contribution is -0.141. The van der Waals surface area contributed by atoms with Crippen molar-refractivity contribution in [1.29, 1.82) is 0 Å². The largest absolute Gasteiger partial charge is 0.389 e. The van der Waals surface area contributed by atoms with E-state index in [0.717, 1.165) is 5.39 Å². The van der Waals surface area contributed by atoms with Gasteiger partial charge in [0.2, 0.25) is 23.6 Å². The number of rotatable bonds is 13. The van der Waals surface area contributed by atoms with Gasteiger partial charge in [0.05, 0.1) is 35.6 Å². The van der Waals surface area contributed by atoms with Crippen LogP contribution in [0.4, 0.5) is 5.82 Å². The van der Waals surface area contributed by atoms with E-state index in [4.69, 9.17) is 26.2 Å². The Kier molecular flexibility index (Phi) is 10.4. The van der Waals surface area contributed by atoms with Crippen molar-refractivity contribution in [3.05, 3.63) is 30.1 Å². The number of aromatic nitrogens is 3.